The largest absolute Gasteiger partial charge is 0.414 e. The molecular weight excluding hydrogens is 207 g/mol. The number of halogens is 3. The molecule has 1 aliphatic rings. The summed E-state index contributed by atoms with van der Waals surface area (Å²) >= 11 is 0. The molecule has 3 N–H and O–H groups in total. The van der Waals surface area contributed by atoms with Gasteiger partial charge in [-0.25, -0.2) is 0 Å². The zero-order chi connectivity index (χ0) is 11.5. The Kier molecular flexibility index (Phi) is 4.40. The van der Waals surface area contributed by atoms with Gasteiger partial charge in [-0.15, -0.1) is 0 Å². The summed E-state index contributed by atoms with van der Waals surface area (Å²) in [5, 5.41) is 8.91. The Morgan fingerprint density at radius 1 is 1.13 bits per heavy atom. The fourth-order valence-electron chi connectivity index (χ4n) is 2.15. The van der Waals surface area contributed by atoms with Gasteiger partial charge in [-0.2, -0.15) is 13.2 Å². The van der Waals surface area contributed by atoms with Gasteiger partial charge in [0.25, 0.3) is 0 Å². The summed E-state index contributed by atoms with van der Waals surface area (Å²) in [6, 6.07) is 0. The van der Waals surface area contributed by atoms with Gasteiger partial charge in [-0.1, -0.05) is 12.8 Å². The molecule has 0 heterocycles. The third-order valence-electron chi connectivity index (χ3n) is 3.23. The number of hydrogen-bond donors (Lipinski definition) is 2. The molecule has 0 aliphatic heterocycles. The van der Waals surface area contributed by atoms with E-state index in [1.54, 1.807) is 0 Å². The van der Waals surface area contributed by atoms with Crippen molar-refractivity contribution in [1.82, 2.24) is 0 Å². The first-order valence-corrected chi connectivity index (χ1v) is 5.38. The van der Waals surface area contributed by atoms with Crippen molar-refractivity contribution in [2.45, 2.75) is 44.4 Å². The van der Waals surface area contributed by atoms with Gasteiger partial charge in [-0.3, -0.25) is 0 Å². The number of nitrogens with two attached hydrogens (primary N) is 1. The molecule has 0 aromatic rings. The van der Waals surface area contributed by atoms with Crippen molar-refractivity contribution >= 4 is 0 Å². The molecule has 0 bridgehead atoms. The topological polar surface area (TPSA) is 46.2 Å². The lowest BCUT2D eigenvalue weighted by molar-refractivity contribution is -0.209. The van der Waals surface area contributed by atoms with Crippen LogP contribution >= 0.6 is 0 Å². The Labute approximate surface area is 87.6 Å². The normalized spacial score (nSPS) is 30.2. The molecule has 1 unspecified atom stereocenters. The number of aliphatic hydroxyl groups excluding tert-OH is 1. The van der Waals surface area contributed by atoms with Gasteiger partial charge in [-0.05, 0) is 37.6 Å². The zero-order valence-electron chi connectivity index (χ0n) is 8.63. The van der Waals surface area contributed by atoms with Crippen molar-refractivity contribution in [2.24, 2.45) is 17.6 Å². The summed E-state index contributed by atoms with van der Waals surface area (Å²) in [4.78, 5) is 0. The Morgan fingerprint density at radius 3 is 2.00 bits per heavy atom. The minimum atomic E-state index is -4.47. The second-order valence-corrected chi connectivity index (χ2v) is 4.42. The Bertz CT molecular complexity index is 188. The molecule has 0 aromatic heterocycles. The highest BCUT2D eigenvalue weighted by Gasteiger charge is 2.39. The molecule has 0 spiro atoms. The van der Waals surface area contributed by atoms with Crippen LogP contribution in [0.25, 0.3) is 0 Å². The summed E-state index contributed by atoms with van der Waals surface area (Å²) in [5.41, 5.74) is 5.49. The van der Waals surface area contributed by atoms with E-state index < -0.39 is 12.3 Å². The van der Waals surface area contributed by atoms with Crippen LogP contribution in [0.15, 0.2) is 0 Å². The fourth-order valence-corrected chi connectivity index (χ4v) is 2.15. The first-order valence-electron chi connectivity index (χ1n) is 5.38. The highest BCUT2D eigenvalue weighted by Crippen LogP contribution is 2.34. The first-order chi connectivity index (χ1) is 6.93. The Hall–Kier alpha value is -0.290. The standard InChI is InChI=1S/C10H18F3NO/c11-10(12,13)9(15)5-7-1-3-8(6-14)4-2-7/h7-9,15H,1-6,14H2. The van der Waals surface area contributed by atoms with Gasteiger partial charge in [0.15, 0.2) is 0 Å². The smallest absolute Gasteiger partial charge is 0.384 e. The van der Waals surface area contributed by atoms with Crippen LogP contribution in [-0.2, 0) is 0 Å². The molecule has 1 aliphatic carbocycles. The summed E-state index contributed by atoms with van der Waals surface area (Å²) in [7, 11) is 0. The van der Waals surface area contributed by atoms with Crippen LogP contribution in [-0.4, -0.2) is 23.9 Å². The SMILES string of the molecule is NCC1CCC(CC(O)C(F)(F)F)CC1. The summed E-state index contributed by atoms with van der Waals surface area (Å²) in [6.07, 6.45) is -3.47. The van der Waals surface area contributed by atoms with E-state index in [4.69, 9.17) is 10.8 Å². The third kappa shape index (κ3) is 3.99. The number of aliphatic hydroxyl groups is 1. The highest BCUT2D eigenvalue weighted by molar-refractivity contribution is 4.77. The molecule has 90 valence electrons. The number of rotatable bonds is 3. The Balaban J connectivity index is 2.29. The monoisotopic (exact) mass is 225 g/mol. The van der Waals surface area contributed by atoms with Gasteiger partial charge in [0.05, 0.1) is 0 Å². The van der Waals surface area contributed by atoms with Crippen molar-refractivity contribution in [2.75, 3.05) is 6.54 Å². The van der Waals surface area contributed by atoms with Crippen LogP contribution in [0.2, 0.25) is 0 Å². The number of alkyl halides is 3. The van der Waals surface area contributed by atoms with Crippen molar-refractivity contribution < 1.29 is 18.3 Å². The van der Waals surface area contributed by atoms with Crippen LogP contribution in [0, 0.1) is 11.8 Å². The minimum Gasteiger partial charge on any atom is -0.384 e. The second-order valence-electron chi connectivity index (χ2n) is 4.42. The number of hydrogen-bond acceptors (Lipinski definition) is 2. The van der Waals surface area contributed by atoms with Crippen molar-refractivity contribution in [1.29, 1.82) is 0 Å². The molecule has 0 aromatic carbocycles. The van der Waals surface area contributed by atoms with Crippen LogP contribution in [0.1, 0.15) is 32.1 Å². The van der Waals surface area contributed by atoms with Gasteiger partial charge >= 0.3 is 6.18 Å². The first kappa shape index (κ1) is 12.8. The predicted octanol–water partition coefficient (Wildman–Crippen LogP) is 2.06. The second kappa shape index (κ2) is 5.16. The van der Waals surface area contributed by atoms with E-state index in [0.29, 0.717) is 12.5 Å². The third-order valence-corrected chi connectivity index (χ3v) is 3.23. The average Bonchev–Trinajstić information content (AvgIpc) is 2.17. The molecule has 15 heavy (non-hydrogen) atoms. The van der Waals surface area contributed by atoms with Crippen LogP contribution < -0.4 is 5.73 Å². The predicted molar refractivity (Wildman–Crippen MR) is 51.2 cm³/mol. The van der Waals surface area contributed by atoms with E-state index in [0.717, 1.165) is 25.7 Å². The molecule has 2 nitrogen and oxygen atoms in total. The maximum absolute atomic E-state index is 12.1. The highest BCUT2D eigenvalue weighted by atomic mass is 19.4. The molecule has 1 fully saturated rings. The molecule has 0 saturated heterocycles. The fraction of sp³-hybridized carbons (Fsp3) is 1.00. The maximum Gasteiger partial charge on any atom is 0.414 e. The summed E-state index contributed by atoms with van der Waals surface area (Å²) in [6.45, 7) is 0.620. The van der Waals surface area contributed by atoms with E-state index in [1.807, 2.05) is 0 Å². The van der Waals surface area contributed by atoms with E-state index in [2.05, 4.69) is 0 Å². The molecule has 0 radical (unpaired) electrons. The molecule has 1 atom stereocenters. The van der Waals surface area contributed by atoms with Gasteiger partial charge in [0, 0.05) is 0 Å². The minimum absolute atomic E-state index is 0.00410. The van der Waals surface area contributed by atoms with Gasteiger partial charge < -0.3 is 10.8 Å². The molecule has 1 rings (SSSR count). The molecule has 0 amide bonds. The lowest BCUT2D eigenvalue weighted by Gasteiger charge is -2.29. The lowest BCUT2D eigenvalue weighted by atomic mass is 9.79. The van der Waals surface area contributed by atoms with E-state index in [-0.39, 0.29) is 12.3 Å². The molecule has 5 heteroatoms. The summed E-state index contributed by atoms with van der Waals surface area (Å²) in [5.74, 6) is 0.466. The van der Waals surface area contributed by atoms with Gasteiger partial charge in [0.2, 0.25) is 0 Å². The molecule has 1 saturated carbocycles. The van der Waals surface area contributed by atoms with Crippen LogP contribution in [0.3, 0.4) is 0 Å². The average molecular weight is 225 g/mol. The quantitative estimate of drug-likeness (QED) is 0.772. The van der Waals surface area contributed by atoms with Gasteiger partial charge in [0.1, 0.15) is 6.10 Å². The molecular formula is C10H18F3NO. The summed E-state index contributed by atoms with van der Waals surface area (Å²) < 4.78 is 36.2. The Morgan fingerprint density at radius 2 is 1.60 bits per heavy atom. The lowest BCUT2D eigenvalue weighted by Crippen LogP contribution is -2.32. The van der Waals surface area contributed by atoms with Crippen molar-refractivity contribution in [3.63, 3.8) is 0 Å². The van der Waals surface area contributed by atoms with E-state index >= 15 is 0 Å². The van der Waals surface area contributed by atoms with Crippen LogP contribution in [0.4, 0.5) is 13.2 Å². The zero-order valence-corrected chi connectivity index (χ0v) is 8.63. The van der Waals surface area contributed by atoms with E-state index in [9.17, 15) is 13.2 Å². The van der Waals surface area contributed by atoms with E-state index in [1.165, 1.54) is 0 Å². The van der Waals surface area contributed by atoms with Crippen molar-refractivity contribution in [3.05, 3.63) is 0 Å². The maximum atomic E-state index is 12.1. The van der Waals surface area contributed by atoms with Crippen molar-refractivity contribution in [3.8, 4) is 0 Å². The van der Waals surface area contributed by atoms with Crippen LogP contribution in [0.5, 0.6) is 0 Å².